The van der Waals surface area contributed by atoms with Gasteiger partial charge in [0.25, 0.3) is 0 Å². The van der Waals surface area contributed by atoms with Crippen LogP contribution in [0.3, 0.4) is 0 Å². The van der Waals surface area contributed by atoms with Crippen molar-refractivity contribution in [3.8, 4) is 5.75 Å². The number of carbonyl (C=O) groups is 3. The van der Waals surface area contributed by atoms with Crippen LogP contribution in [0.1, 0.15) is 42.3 Å². The van der Waals surface area contributed by atoms with Gasteiger partial charge in [-0.05, 0) is 33.8 Å². The molecule has 0 aliphatic heterocycles. The molecular formula is C23H26O7. The molecule has 2 aromatic carbocycles. The van der Waals surface area contributed by atoms with E-state index in [1.165, 1.54) is 6.26 Å². The molecule has 0 bridgehead atoms. The summed E-state index contributed by atoms with van der Waals surface area (Å²) in [4.78, 5) is 36.3. The number of aryl methyl sites for hydroxylation is 1. The predicted octanol–water partition coefficient (Wildman–Crippen LogP) is 3.89. The SMILES string of the molecule is CCOC(=O)/C=C/Oc1c(CC(=O)OCC)cc(C(=O)OCC)c2cc(C)ccc12. The molecule has 7 heteroatoms. The van der Waals surface area contributed by atoms with E-state index in [-0.39, 0.29) is 26.2 Å². The first-order valence-corrected chi connectivity index (χ1v) is 9.80. The van der Waals surface area contributed by atoms with E-state index in [2.05, 4.69) is 0 Å². The monoisotopic (exact) mass is 414 g/mol. The Morgan fingerprint density at radius 2 is 1.60 bits per heavy atom. The van der Waals surface area contributed by atoms with Crippen molar-refractivity contribution in [2.45, 2.75) is 34.1 Å². The van der Waals surface area contributed by atoms with E-state index >= 15 is 0 Å². The minimum atomic E-state index is -0.548. The maximum absolute atomic E-state index is 12.6. The third-order valence-corrected chi connectivity index (χ3v) is 4.13. The fraction of sp³-hybridized carbons (Fsp3) is 0.348. The van der Waals surface area contributed by atoms with Crippen molar-refractivity contribution in [2.75, 3.05) is 19.8 Å². The standard InChI is InChI=1S/C23H26O7/c1-5-27-20(24)10-11-30-22-16(14-21(25)28-6-2)13-19(23(26)29-7-3)18-12-15(4)8-9-17(18)22/h8-13H,5-7,14H2,1-4H3/b11-10+. The summed E-state index contributed by atoms with van der Waals surface area (Å²) >= 11 is 0. The summed E-state index contributed by atoms with van der Waals surface area (Å²) in [6.45, 7) is 7.74. The van der Waals surface area contributed by atoms with Gasteiger partial charge in [-0.15, -0.1) is 0 Å². The molecule has 0 N–H and O–H groups in total. The summed E-state index contributed by atoms with van der Waals surface area (Å²) in [5.74, 6) is -1.15. The molecule has 0 unspecified atom stereocenters. The first-order valence-electron chi connectivity index (χ1n) is 9.80. The highest BCUT2D eigenvalue weighted by atomic mass is 16.5. The topological polar surface area (TPSA) is 88.1 Å². The second kappa shape index (κ2) is 11.0. The van der Waals surface area contributed by atoms with E-state index in [0.29, 0.717) is 27.6 Å². The maximum Gasteiger partial charge on any atom is 0.338 e. The number of hydrogen-bond donors (Lipinski definition) is 0. The van der Waals surface area contributed by atoms with E-state index < -0.39 is 17.9 Å². The highest BCUT2D eigenvalue weighted by Crippen LogP contribution is 2.35. The fourth-order valence-corrected chi connectivity index (χ4v) is 2.93. The van der Waals surface area contributed by atoms with E-state index in [1.54, 1.807) is 32.9 Å². The summed E-state index contributed by atoms with van der Waals surface area (Å²) in [5.41, 5.74) is 1.72. The summed E-state index contributed by atoms with van der Waals surface area (Å²) in [6.07, 6.45) is 2.24. The van der Waals surface area contributed by atoms with Gasteiger partial charge in [0.1, 0.15) is 5.75 Å². The largest absolute Gasteiger partial charge is 0.466 e. The normalized spacial score (nSPS) is 10.8. The quantitative estimate of drug-likeness (QED) is 0.266. The van der Waals surface area contributed by atoms with Gasteiger partial charge in [0.15, 0.2) is 0 Å². The molecule has 0 heterocycles. The maximum atomic E-state index is 12.6. The lowest BCUT2D eigenvalue weighted by Crippen LogP contribution is -2.12. The van der Waals surface area contributed by atoms with Crippen molar-refractivity contribution in [3.63, 3.8) is 0 Å². The first-order chi connectivity index (χ1) is 14.4. The second-order valence-corrected chi connectivity index (χ2v) is 6.34. The Bertz CT molecular complexity index is 960. The molecule has 0 saturated heterocycles. The van der Waals surface area contributed by atoms with Crippen molar-refractivity contribution in [1.82, 2.24) is 0 Å². The Kier molecular flexibility index (Phi) is 8.41. The van der Waals surface area contributed by atoms with Crippen LogP contribution in [0.25, 0.3) is 10.8 Å². The molecule has 0 amide bonds. The van der Waals surface area contributed by atoms with Crippen LogP contribution in [0.15, 0.2) is 36.6 Å². The van der Waals surface area contributed by atoms with E-state index in [9.17, 15) is 14.4 Å². The van der Waals surface area contributed by atoms with Gasteiger partial charge < -0.3 is 18.9 Å². The summed E-state index contributed by atoms with van der Waals surface area (Å²) < 4.78 is 20.8. The molecule has 0 fully saturated rings. The average molecular weight is 414 g/mol. The van der Waals surface area contributed by atoms with Crippen molar-refractivity contribution < 1.29 is 33.3 Å². The molecule has 2 rings (SSSR count). The van der Waals surface area contributed by atoms with Gasteiger partial charge in [0.05, 0.1) is 44.1 Å². The van der Waals surface area contributed by atoms with Crippen molar-refractivity contribution in [3.05, 3.63) is 53.3 Å². The number of ether oxygens (including phenoxy) is 4. The fourth-order valence-electron chi connectivity index (χ4n) is 2.93. The molecular weight excluding hydrogens is 388 g/mol. The average Bonchev–Trinajstić information content (AvgIpc) is 2.69. The molecule has 30 heavy (non-hydrogen) atoms. The molecule has 0 aromatic heterocycles. The highest BCUT2D eigenvalue weighted by molar-refractivity contribution is 6.07. The minimum Gasteiger partial charge on any atom is -0.466 e. The Labute approximate surface area is 175 Å². The summed E-state index contributed by atoms with van der Waals surface area (Å²) in [7, 11) is 0. The van der Waals surface area contributed by atoms with Crippen LogP contribution < -0.4 is 4.74 Å². The van der Waals surface area contributed by atoms with E-state index in [1.807, 2.05) is 19.1 Å². The Balaban J connectivity index is 2.61. The van der Waals surface area contributed by atoms with E-state index in [4.69, 9.17) is 18.9 Å². The van der Waals surface area contributed by atoms with Gasteiger partial charge in [-0.3, -0.25) is 4.79 Å². The number of hydrogen-bond acceptors (Lipinski definition) is 7. The van der Waals surface area contributed by atoms with Crippen molar-refractivity contribution in [1.29, 1.82) is 0 Å². The summed E-state index contributed by atoms with van der Waals surface area (Å²) in [5, 5.41) is 1.24. The summed E-state index contributed by atoms with van der Waals surface area (Å²) in [6, 6.07) is 7.09. The lowest BCUT2D eigenvalue weighted by molar-refractivity contribution is -0.142. The van der Waals surface area contributed by atoms with Gasteiger partial charge in [0, 0.05) is 16.3 Å². The van der Waals surface area contributed by atoms with E-state index in [0.717, 1.165) is 11.6 Å². The van der Waals surface area contributed by atoms with Crippen LogP contribution in [0.4, 0.5) is 0 Å². The number of esters is 3. The molecule has 0 aliphatic rings. The Morgan fingerprint density at radius 3 is 2.27 bits per heavy atom. The number of carbonyl (C=O) groups excluding carboxylic acids is 3. The highest BCUT2D eigenvalue weighted by Gasteiger charge is 2.20. The lowest BCUT2D eigenvalue weighted by Gasteiger charge is -2.15. The zero-order valence-corrected chi connectivity index (χ0v) is 17.7. The lowest BCUT2D eigenvalue weighted by atomic mass is 9.96. The zero-order chi connectivity index (χ0) is 22.1. The van der Waals surface area contributed by atoms with Crippen LogP contribution in [-0.4, -0.2) is 37.7 Å². The van der Waals surface area contributed by atoms with Crippen LogP contribution in [0.2, 0.25) is 0 Å². The molecule has 7 nitrogen and oxygen atoms in total. The number of rotatable bonds is 9. The van der Waals surface area contributed by atoms with Gasteiger partial charge in [-0.25, -0.2) is 9.59 Å². The van der Waals surface area contributed by atoms with Crippen LogP contribution in [0, 0.1) is 6.92 Å². The molecule has 0 atom stereocenters. The first kappa shape index (κ1) is 22.9. The zero-order valence-electron chi connectivity index (χ0n) is 17.7. The third kappa shape index (κ3) is 5.83. The second-order valence-electron chi connectivity index (χ2n) is 6.34. The predicted molar refractivity (Wildman–Crippen MR) is 111 cm³/mol. The van der Waals surface area contributed by atoms with Gasteiger partial charge in [-0.1, -0.05) is 23.8 Å². The van der Waals surface area contributed by atoms with Gasteiger partial charge in [-0.2, -0.15) is 0 Å². The molecule has 0 aliphatic carbocycles. The molecule has 2 aromatic rings. The van der Waals surface area contributed by atoms with Crippen molar-refractivity contribution in [2.24, 2.45) is 0 Å². The van der Waals surface area contributed by atoms with Gasteiger partial charge >= 0.3 is 17.9 Å². The Morgan fingerprint density at radius 1 is 0.900 bits per heavy atom. The Hall–Kier alpha value is -3.35. The van der Waals surface area contributed by atoms with Crippen LogP contribution >= 0.6 is 0 Å². The van der Waals surface area contributed by atoms with Crippen LogP contribution in [-0.2, 0) is 30.2 Å². The number of benzene rings is 2. The van der Waals surface area contributed by atoms with Gasteiger partial charge in [0.2, 0.25) is 0 Å². The smallest absolute Gasteiger partial charge is 0.338 e. The van der Waals surface area contributed by atoms with Crippen molar-refractivity contribution >= 4 is 28.7 Å². The molecule has 0 spiro atoms. The van der Waals surface area contributed by atoms with Crippen LogP contribution in [0.5, 0.6) is 5.75 Å². The molecule has 160 valence electrons. The third-order valence-electron chi connectivity index (χ3n) is 4.13. The minimum absolute atomic E-state index is 0.105. The number of fused-ring (bicyclic) bond motifs is 1. The molecule has 0 radical (unpaired) electrons. The molecule has 0 saturated carbocycles.